The van der Waals surface area contributed by atoms with Crippen molar-refractivity contribution in [3.8, 4) is 17.0 Å². The molecule has 0 fully saturated rings. The van der Waals surface area contributed by atoms with Crippen molar-refractivity contribution in [2.75, 3.05) is 13.7 Å². The van der Waals surface area contributed by atoms with E-state index in [2.05, 4.69) is 11.1 Å². The maximum absolute atomic E-state index is 5.97. The van der Waals surface area contributed by atoms with E-state index < -0.39 is 0 Å². The first-order valence-corrected chi connectivity index (χ1v) is 7.25. The van der Waals surface area contributed by atoms with Gasteiger partial charge in [-0.3, -0.25) is 0 Å². The molecule has 0 saturated heterocycles. The monoisotopic (exact) mass is 336 g/mol. The van der Waals surface area contributed by atoms with Gasteiger partial charge in [0.1, 0.15) is 5.75 Å². The van der Waals surface area contributed by atoms with Crippen LogP contribution in [0.5, 0.6) is 5.75 Å². The van der Waals surface area contributed by atoms with Gasteiger partial charge in [-0.1, -0.05) is 23.7 Å². The first kappa shape index (κ1) is 16.7. The highest BCUT2D eigenvalue weighted by Crippen LogP contribution is 2.33. The van der Waals surface area contributed by atoms with E-state index in [0.717, 1.165) is 39.4 Å². The van der Waals surface area contributed by atoms with Crippen molar-refractivity contribution in [3.63, 3.8) is 0 Å². The van der Waals surface area contributed by atoms with Gasteiger partial charge in [0.15, 0.2) is 0 Å². The van der Waals surface area contributed by atoms with E-state index in [1.54, 1.807) is 7.11 Å². The molecule has 0 atom stereocenters. The lowest BCUT2D eigenvalue weighted by Gasteiger charge is -2.04. The number of hydrogen-bond acceptors (Lipinski definition) is 2. The Bertz CT molecular complexity index is 766. The Balaban J connectivity index is 0.00000176. The molecule has 0 radical (unpaired) electrons. The van der Waals surface area contributed by atoms with Gasteiger partial charge in [-0.05, 0) is 54.4 Å². The molecule has 0 bridgehead atoms. The molecular formula is C17H18Cl2N2O. The Morgan fingerprint density at radius 3 is 2.50 bits per heavy atom. The van der Waals surface area contributed by atoms with E-state index in [-0.39, 0.29) is 12.4 Å². The fraction of sp³-hybridized carbons (Fsp3) is 0.176. The van der Waals surface area contributed by atoms with Crippen molar-refractivity contribution in [3.05, 3.63) is 53.1 Å². The highest BCUT2D eigenvalue weighted by molar-refractivity contribution is 6.30. The summed E-state index contributed by atoms with van der Waals surface area (Å²) in [6, 6.07) is 13.9. The summed E-state index contributed by atoms with van der Waals surface area (Å²) in [5.41, 5.74) is 10.3. The minimum absolute atomic E-state index is 0. The lowest BCUT2D eigenvalue weighted by molar-refractivity contribution is 0.415. The van der Waals surface area contributed by atoms with Gasteiger partial charge < -0.3 is 15.5 Å². The zero-order chi connectivity index (χ0) is 14.8. The Labute approximate surface area is 140 Å². The van der Waals surface area contributed by atoms with Gasteiger partial charge in [0.2, 0.25) is 0 Å². The van der Waals surface area contributed by atoms with Gasteiger partial charge >= 0.3 is 0 Å². The fourth-order valence-electron chi connectivity index (χ4n) is 2.62. The van der Waals surface area contributed by atoms with Crippen molar-refractivity contribution >= 4 is 34.9 Å². The number of nitrogens with one attached hydrogen (secondary N) is 1. The normalized spacial score (nSPS) is 10.5. The van der Waals surface area contributed by atoms with Crippen LogP contribution >= 0.6 is 24.0 Å². The quantitative estimate of drug-likeness (QED) is 0.740. The number of methoxy groups -OCH3 is 1. The molecule has 2 aromatic carbocycles. The number of nitrogens with two attached hydrogens (primary N) is 1. The van der Waals surface area contributed by atoms with Gasteiger partial charge in [0.25, 0.3) is 0 Å². The smallest absolute Gasteiger partial charge is 0.119 e. The maximum atomic E-state index is 5.97. The maximum Gasteiger partial charge on any atom is 0.119 e. The van der Waals surface area contributed by atoms with Crippen molar-refractivity contribution in [1.29, 1.82) is 0 Å². The second-order valence-electron chi connectivity index (χ2n) is 4.94. The number of ether oxygens (including phenoxy) is 1. The molecule has 1 aromatic heterocycles. The van der Waals surface area contributed by atoms with Crippen LogP contribution in [0.4, 0.5) is 0 Å². The predicted octanol–water partition coefficient (Wildman–Crippen LogP) is 4.42. The molecule has 3 rings (SSSR count). The minimum atomic E-state index is 0. The van der Waals surface area contributed by atoms with Crippen LogP contribution < -0.4 is 10.5 Å². The van der Waals surface area contributed by atoms with Crippen LogP contribution in [-0.2, 0) is 6.42 Å². The molecule has 3 N–H and O–H groups in total. The summed E-state index contributed by atoms with van der Waals surface area (Å²) in [4.78, 5) is 3.48. The predicted molar refractivity (Wildman–Crippen MR) is 95.3 cm³/mol. The number of halogens is 2. The Hall–Kier alpha value is -1.68. The number of rotatable bonds is 4. The van der Waals surface area contributed by atoms with Crippen LogP contribution in [0.1, 0.15) is 5.56 Å². The lowest BCUT2D eigenvalue weighted by Crippen LogP contribution is -2.03. The topological polar surface area (TPSA) is 51.0 Å². The van der Waals surface area contributed by atoms with Crippen LogP contribution in [0.15, 0.2) is 42.5 Å². The number of hydrogen-bond donors (Lipinski definition) is 2. The van der Waals surface area contributed by atoms with Crippen LogP contribution in [0.2, 0.25) is 5.02 Å². The molecule has 0 aliphatic heterocycles. The minimum Gasteiger partial charge on any atom is -0.497 e. The number of H-pyrrole nitrogens is 1. The Morgan fingerprint density at radius 2 is 1.86 bits per heavy atom. The van der Waals surface area contributed by atoms with E-state index in [1.165, 1.54) is 5.56 Å². The fourth-order valence-corrected chi connectivity index (χ4v) is 2.75. The SMILES string of the molecule is COc1ccc2[nH]c(-c3ccc(Cl)cc3)c(CCN)c2c1.Cl. The van der Waals surface area contributed by atoms with Gasteiger partial charge in [-0.25, -0.2) is 0 Å². The van der Waals surface area contributed by atoms with Crippen LogP contribution in [0.3, 0.4) is 0 Å². The number of aromatic nitrogens is 1. The number of benzene rings is 2. The summed E-state index contributed by atoms with van der Waals surface area (Å²) in [7, 11) is 1.68. The van der Waals surface area contributed by atoms with E-state index in [9.17, 15) is 0 Å². The zero-order valence-electron chi connectivity index (χ0n) is 12.2. The summed E-state index contributed by atoms with van der Waals surface area (Å²) in [5.74, 6) is 0.849. The molecule has 0 unspecified atom stereocenters. The lowest BCUT2D eigenvalue weighted by atomic mass is 10.0. The number of fused-ring (bicyclic) bond motifs is 1. The third-order valence-corrected chi connectivity index (χ3v) is 3.89. The highest BCUT2D eigenvalue weighted by Gasteiger charge is 2.13. The first-order valence-electron chi connectivity index (χ1n) is 6.87. The molecule has 0 amide bonds. The van der Waals surface area contributed by atoms with Crippen LogP contribution in [0, 0.1) is 0 Å². The standard InChI is InChI=1S/C17H17ClN2O.ClH/c1-21-13-6-7-16-15(10-13)14(8-9-19)17(20-16)11-2-4-12(18)5-3-11;/h2-7,10,20H,8-9,19H2,1H3;1H. The molecule has 0 spiro atoms. The van der Waals surface area contributed by atoms with Gasteiger partial charge in [0.05, 0.1) is 7.11 Å². The third-order valence-electron chi connectivity index (χ3n) is 3.64. The van der Waals surface area contributed by atoms with Gasteiger partial charge in [0, 0.05) is 21.6 Å². The first-order chi connectivity index (χ1) is 10.2. The van der Waals surface area contributed by atoms with Crippen LogP contribution in [0.25, 0.3) is 22.2 Å². The Morgan fingerprint density at radius 1 is 1.14 bits per heavy atom. The molecule has 0 saturated carbocycles. The third kappa shape index (κ3) is 3.07. The van der Waals surface area contributed by atoms with Gasteiger partial charge in [-0.15, -0.1) is 12.4 Å². The summed E-state index contributed by atoms with van der Waals surface area (Å²) >= 11 is 5.97. The molecule has 0 aliphatic rings. The van der Waals surface area contributed by atoms with Crippen molar-refractivity contribution in [2.24, 2.45) is 5.73 Å². The molecule has 0 aliphatic carbocycles. The largest absolute Gasteiger partial charge is 0.497 e. The average molecular weight is 337 g/mol. The van der Waals surface area contributed by atoms with Crippen LogP contribution in [-0.4, -0.2) is 18.6 Å². The summed E-state index contributed by atoms with van der Waals surface area (Å²) in [6.45, 7) is 0.602. The van der Waals surface area contributed by atoms with Crippen molar-refractivity contribution < 1.29 is 4.74 Å². The molecular weight excluding hydrogens is 319 g/mol. The Kier molecular flexibility index (Phi) is 5.35. The van der Waals surface area contributed by atoms with Crippen molar-refractivity contribution in [1.82, 2.24) is 4.98 Å². The van der Waals surface area contributed by atoms with E-state index in [4.69, 9.17) is 22.1 Å². The second-order valence-corrected chi connectivity index (χ2v) is 5.37. The average Bonchev–Trinajstić information content (AvgIpc) is 2.86. The number of aromatic amines is 1. The molecule has 1 heterocycles. The summed E-state index contributed by atoms with van der Waals surface area (Å²) in [6.07, 6.45) is 0.811. The summed E-state index contributed by atoms with van der Waals surface area (Å²) < 4.78 is 5.32. The van der Waals surface area contributed by atoms with E-state index in [0.29, 0.717) is 6.54 Å². The molecule has 3 nitrogen and oxygen atoms in total. The molecule has 3 aromatic rings. The molecule has 5 heteroatoms. The van der Waals surface area contributed by atoms with E-state index in [1.807, 2.05) is 36.4 Å². The summed E-state index contributed by atoms with van der Waals surface area (Å²) in [5, 5.41) is 1.89. The molecule has 22 heavy (non-hydrogen) atoms. The zero-order valence-corrected chi connectivity index (χ0v) is 13.8. The van der Waals surface area contributed by atoms with Gasteiger partial charge in [-0.2, -0.15) is 0 Å². The molecule has 116 valence electrons. The van der Waals surface area contributed by atoms with E-state index >= 15 is 0 Å². The second kappa shape index (κ2) is 7.05. The highest BCUT2D eigenvalue weighted by atomic mass is 35.5. The van der Waals surface area contributed by atoms with Crippen molar-refractivity contribution in [2.45, 2.75) is 6.42 Å².